The topological polar surface area (TPSA) is 67.5 Å². The van der Waals surface area contributed by atoms with Crippen molar-refractivity contribution < 1.29 is 14.3 Å². The first-order chi connectivity index (χ1) is 10.1. The molecule has 2 heterocycles. The number of aromatic carboxylic acids is 1. The van der Waals surface area contributed by atoms with E-state index in [0.29, 0.717) is 22.1 Å². The summed E-state index contributed by atoms with van der Waals surface area (Å²) in [5.74, 6) is -1.07. The number of aromatic nitrogens is 3. The van der Waals surface area contributed by atoms with E-state index in [1.807, 2.05) is 0 Å². The number of hydrogen-bond acceptors (Lipinski definition) is 3. The quantitative estimate of drug-likeness (QED) is 0.808. The molecular formula is C14H9ClFN3O2. The Labute approximate surface area is 123 Å². The van der Waals surface area contributed by atoms with Crippen molar-refractivity contribution in [3.63, 3.8) is 0 Å². The van der Waals surface area contributed by atoms with Gasteiger partial charge in [-0.25, -0.2) is 9.18 Å². The van der Waals surface area contributed by atoms with Crippen LogP contribution < -0.4 is 0 Å². The Kier molecular flexibility index (Phi) is 3.31. The minimum atomic E-state index is -1.06. The Morgan fingerprint density at radius 1 is 1.29 bits per heavy atom. The second-order valence-corrected chi connectivity index (χ2v) is 4.85. The molecular weight excluding hydrogens is 297 g/mol. The van der Waals surface area contributed by atoms with Gasteiger partial charge in [-0.3, -0.25) is 4.40 Å². The summed E-state index contributed by atoms with van der Waals surface area (Å²) in [4.78, 5) is 11.0. The number of pyridine rings is 1. The van der Waals surface area contributed by atoms with E-state index >= 15 is 0 Å². The van der Waals surface area contributed by atoms with Crippen molar-refractivity contribution in [2.45, 2.75) is 6.42 Å². The van der Waals surface area contributed by atoms with Crippen molar-refractivity contribution in [1.82, 2.24) is 14.6 Å². The maximum absolute atomic E-state index is 13.8. The van der Waals surface area contributed by atoms with E-state index in [1.165, 1.54) is 28.8 Å². The molecule has 0 saturated heterocycles. The van der Waals surface area contributed by atoms with E-state index in [4.69, 9.17) is 16.7 Å². The SMILES string of the molecule is O=C(O)c1ccc2nnc(Cc3c(F)cccc3Cl)n2c1. The fourth-order valence-corrected chi connectivity index (χ4v) is 2.27. The number of benzene rings is 1. The molecule has 21 heavy (non-hydrogen) atoms. The zero-order valence-electron chi connectivity index (χ0n) is 10.6. The van der Waals surface area contributed by atoms with Crippen LogP contribution in [0.2, 0.25) is 5.02 Å². The molecule has 106 valence electrons. The fourth-order valence-electron chi connectivity index (χ4n) is 2.04. The Balaban J connectivity index is 2.08. The third kappa shape index (κ3) is 2.45. The van der Waals surface area contributed by atoms with E-state index in [9.17, 15) is 9.18 Å². The van der Waals surface area contributed by atoms with Crippen molar-refractivity contribution in [2.24, 2.45) is 0 Å². The van der Waals surface area contributed by atoms with E-state index < -0.39 is 11.8 Å². The van der Waals surface area contributed by atoms with Crippen LogP contribution in [0.15, 0.2) is 36.5 Å². The van der Waals surface area contributed by atoms with Crippen LogP contribution in [0.3, 0.4) is 0 Å². The van der Waals surface area contributed by atoms with Gasteiger partial charge in [-0.1, -0.05) is 17.7 Å². The fraction of sp³-hybridized carbons (Fsp3) is 0.0714. The number of rotatable bonds is 3. The average molecular weight is 306 g/mol. The van der Waals surface area contributed by atoms with Crippen LogP contribution in [-0.2, 0) is 6.42 Å². The monoisotopic (exact) mass is 305 g/mol. The number of halogens is 2. The van der Waals surface area contributed by atoms with Crippen LogP contribution in [-0.4, -0.2) is 25.7 Å². The van der Waals surface area contributed by atoms with Gasteiger partial charge in [0, 0.05) is 23.2 Å². The van der Waals surface area contributed by atoms with Crippen LogP contribution in [0.5, 0.6) is 0 Å². The maximum Gasteiger partial charge on any atom is 0.337 e. The van der Waals surface area contributed by atoms with Crippen LogP contribution in [0.1, 0.15) is 21.7 Å². The van der Waals surface area contributed by atoms with Crippen molar-refractivity contribution in [3.8, 4) is 0 Å². The normalized spacial score (nSPS) is 11.0. The largest absolute Gasteiger partial charge is 0.478 e. The lowest BCUT2D eigenvalue weighted by Crippen LogP contribution is -2.03. The summed E-state index contributed by atoms with van der Waals surface area (Å²) in [5, 5.41) is 17.2. The van der Waals surface area contributed by atoms with Crippen LogP contribution in [0.4, 0.5) is 4.39 Å². The first kappa shape index (κ1) is 13.5. The molecule has 0 unspecified atom stereocenters. The summed E-state index contributed by atoms with van der Waals surface area (Å²) in [6.07, 6.45) is 1.53. The van der Waals surface area contributed by atoms with Gasteiger partial charge in [-0.05, 0) is 24.3 Å². The van der Waals surface area contributed by atoms with Gasteiger partial charge in [0.1, 0.15) is 11.6 Å². The Morgan fingerprint density at radius 2 is 2.10 bits per heavy atom. The summed E-state index contributed by atoms with van der Waals surface area (Å²) in [6.45, 7) is 0. The Bertz CT molecular complexity index is 827. The molecule has 0 bridgehead atoms. The van der Waals surface area contributed by atoms with Crippen molar-refractivity contribution >= 4 is 23.2 Å². The predicted molar refractivity (Wildman–Crippen MR) is 74.2 cm³/mol. The molecule has 0 aliphatic rings. The minimum absolute atomic E-state index is 0.100. The van der Waals surface area contributed by atoms with Gasteiger partial charge in [0.2, 0.25) is 0 Å². The lowest BCUT2D eigenvalue weighted by molar-refractivity contribution is 0.0696. The molecule has 0 atom stereocenters. The van der Waals surface area contributed by atoms with E-state index in [-0.39, 0.29) is 12.0 Å². The summed E-state index contributed by atoms with van der Waals surface area (Å²) in [5.41, 5.74) is 0.889. The Morgan fingerprint density at radius 3 is 2.81 bits per heavy atom. The van der Waals surface area contributed by atoms with Crippen molar-refractivity contribution in [1.29, 1.82) is 0 Å². The van der Waals surface area contributed by atoms with Gasteiger partial charge in [-0.15, -0.1) is 10.2 Å². The summed E-state index contributed by atoms with van der Waals surface area (Å²) >= 11 is 5.99. The molecule has 5 nitrogen and oxygen atoms in total. The lowest BCUT2D eigenvalue weighted by Gasteiger charge is -2.05. The summed E-state index contributed by atoms with van der Waals surface area (Å²) < 4.78 is 15.3. The van der Waals surface area contributed by atoms with E-state index in [0.717, 1.165) is 0 Å². The van der Waals surface area contributed by atoms with Crippen molar-refractivity contribution in [3.05, 3.63) is 64.3 Å². The van der Waals surface area contributed by atoms with E-state index in [2.05, 4.69) is 10.2 Å². The number of carboxylic acid groups (broad SMARTS) is 1. The average Bonchev–Trinajstić information content (AvgIpc) is 2.85. The molecule has 1 N–H and O–H groups in total. The Hall–Kier alpha value is -2.47. The molecule has 2 aromatic heterocycles. The second kappa shape index (κ2) is 5.14. The highest BCUT2D eigenvalue weighted by atomic mass is 35.5. The summed E-state index contributed by atoms with van der Waals surface area (Å²) in [6, 6.07) is 7.40. The summed E-state index contributed by atoms with van der Waals surface area (Å²) in [7, 11) is 0. The first-order valence-electron chi connectivity index (χ1n) is 6.06. The molecule has 1 aromatic carbocycles. The van der Waals surface area contributed by atoms with Gasteiger partial charge < -0.3 is 5.11 Å². The molecule has 0 spiro atoms. The lowest BCUT2D eigenvalue weighted by atomic mass is 10.1. The third-order valence-electron chi connectivity index (χ3n) is 3.12. The zero-order chi connectivity index (χ0) is 15.0. The highest BCUT2D eigenvalue weighted by molar-refractivity contribution is 6.31. The van der Waals surface area contributed by atoms with Crippen molar-refractivity contribution in [2.75, 3.05) is 0 Å². The highest BCUT2D eigenvalue weighted by Gasteiger charge is 2.14. The molecule has 0 amide bonds. The molecule has 0 aliphatic carbocycles. The van der Waals surface area contributed by atoms with Gasteiger partial charge in [0.05, 0.1) is 5.56 Å². The number of nitrogens with zero attached hydrogens (tertiary/aromatic N) is 3. The highest BCUT2D eigenvalue weighted by Crippen LogP contribution is 2.22. The third-order valence-corrected chi connectivity index (χ3v) is 3.47. The van der Waals surface area contributed by atoms with Gasteiger partial charge in [0.25, 0.3) is 0 Å². The molecule has 0 saturated carbocycles. The minimum Gasteiger partial charge on any atom is -0.478 e. The molecule has 3 rings (SSSR count). The van der Waals surface area contributed by atoms with Gasteiger partial charge >= 0.3 is 5.97 Å². The smallest absolute Gasteiger partial charge is 0.337 e. The number of carboxylic acids is 1. The van der Waals surface area contributed by atoms with E-state index in [1.54, 1.807) is 12.1 Å². The first-order valence-corrected chi connectivity index (χ1v) is 6.44. The van der Waals surface area contributed by atoms with Crippen LogP contribution in [0.25, 0.3) is 5.65 Å². The number of fused-ring (bicyclic) bond motifs is 1. The molecule has 0 aliphatic heterocycles. The van der Waals surface area contributed by atoms with Gasteiger partial charge in [0.15, 0.2) is 5.65 Å². The molecule has 7 heteroatoms. The molecule has 0 radical (unpaired) electrons. The zero-order valence-corrected chi connectivity index (χ0v) is 11.4. The van der Waals surface area contributed by atoms with Crippen LogP contribution in [0, 0.1) is 5.82 Å². The van der Waals surface area contributed by atoms with Gasteiger partial charge in [-0.2, -0.15) is 0 Å². The standard InChI is InChI=1S/C14H9ClFN3O2/c15-10-2-1-3-11(16)9(10)6-13-18-17-12-5-4-8(14(20)21)7-19(12)13/h1-5,7H,6H2,(H,20,21). The van der Waals surface area contributed by atoms with Crippen LogP contribution >= 0.6 is 11.6 Å². The number of carbonyl (C=O) groups is 1. The molecule has 0 fully saturated rings. The second-order valence-electron chi connectivity index (χ2n) is 4.44. The molecule has 3 aromatic rings. The number of hydrogen-bond donors (Lipinski definition) is 1. The maximum atomic E-state index is 13.8. The predicted octanol–water partition coefficient (Wildman–Crippen LogP) is 2.81.